The number of piperidine rings is 1. The van der Waals surface area contributed by atoms with Crippen LogP contribution in [0.2, 0.25) is 0 Å². The minimum Gasteiger partial charge on any atom is -0.466 e. The summed E-state index contributed by atoms with van der Waals surface area (Å²) in [5.74, 6) is -0.226. The molecule has 0 saturated carbocycles. The molecule has 0 aromatic heterocycles. The molecule has 1 fully saturated rings. The fraction of sp³-hybridized carbons (Fsp3) is 0.800. The lowest BCUT2D eigenvalue weighted by Crippen LogP contribution is -2.56. The highest BCUT2D eigenvalue weighted by Gasteiger charge is 2.47. The molecule has 1 aliphatic heterocycles. The molecule has 43 heavy (non-hydrogen) atoms. The number of esters is 2. The predicted molar refractivity (Wildman–Crippen MR) is 177 cm³/mol. The van der Waals surface area contributed by atoms with Crippen LogP contribution in [0.15, 0.2) is 11.1 Å². The van der Waals surface area contributed by atoms with Crippen molar-refractivity contribution in [1.82, 2.24) is 5.32 Å². The number of nitrogens with one attached hydrogen (secondary N) is 1. The first-order valence-corrected chi connectivity index (χ1v) is 14.9. The maximum absolute atomic E-state index is 11.6. The lowest BCUT2D eigenvalue weighted by atomic mass is 9.59. The Labute approximate surface area is 265 Å². The van der Waals surface area contributed by atoms with Crippen molar-refractivity contribution < 1.29 is 23.9 Å². The van der Waals surface area contributed by atoms with E-state index in [0.29, 0.717) is 18.8 Å². The number of rotatable bonds is 6. The van der Waals surface area contributed by atoms with E-state index < -0.39 is 10.8 Å². The van der Waals surface area contributed by atoms with E-state index in [9.17, 15) is 14.4 Å². The number of ether oxygens (including phenoxy) is 2. The number of hydrogen-bond acceptors (Lipinski definition) is 7. The zero-order chi connectivity index (χ0) is 34.3. The van der Waals surface area contributed by atoms with Crippen LogP contribution in [0, 0.1) is 62.1 Å². The standard InChI is InChI=1S/C12H21NO2.C10H19NO.C8H14O2.C4H7N.CH4/c1-7-15-10(14)9(2)12(5,6)11(3,4)8-13;1-7-8(12)11-6-9(2,3)10(7,4)5;1-5-10-8(9)7(4)6(2)3;1-4(2)3-5;/h9H,7H2,1-6H3;7H,6H2,1-5H3,(H,11,12);5H2,1-4H3;4H,1-2H3;1H4. The fourth-order valence-electron chi connectivity index (χ4n) is 3.29. The van der Waals surface area contributed by atoms with Crippen LogP contribution < -0.4 is 5.32 Å². The summed E-state index contributed by atoms with van der Waals surface area (Å²) in [4.78, 5) is 33.9. The molecule has 2 atom stereocenters. The van der Waals surface area contributed by atoms with E-state index in [1.807, 2.05) is 75.3 Å². The Balaban J connectivity index is -0.000000247. The van der Waals surface area contributed by atoms with Gasteiger partial charge in [-0.3, -0.25) is 9.59 Å². The molecule has 8 heteroatoms. The first-order chi connectivity index (χ1) is 18.9. The zero-order valence-electron chi connectivity index (χ0n) is 29.8. The Morgan fingerprint density at radius 3 is 1.70 bits per heavy atom. The van der Waals surface area contributed by atoms with Crippen molar-refractivity contribution in [1.29, 1.82) is 10.5 Å². The Morgan fingerprint density at radius 1 is 0.977 bits per heavy atom. The molecule has 8 nitrogen and oxygen atoms in total. The molecule has 0 radical (unpaired) electrons. The number of amides is 1. The molecule has 0 bridgehead atoms. The number of nitriles is 2. The first-order valence-electron chi connectivity index (χ1n) is 14.9. The fourth-order valence-corrected chi connectivity index (χ4v) is 3.29. The minimum atomic E-state index is -0.556. The van der Waals surface area contributed by atoms with E-state index in [-0.39, 0.29) is 53.9 Å². The van der Waals surface area contributed by atoms with Crippen LogP contribution in [0.5, 0.6) is 0 Å². The van der Waals surface area contributed by atoms with Crippen LogP contribution in [0.3, 0.4) is 0 Å². The summed E-state index contributed by atoms with van der Waals surface area (Å²) in [6, 6.07) is 4.28. The normalized spacial score (nSPS) is 17.0. The number of carbonyl (C=O) groups is 3. The molecular formula is C35H65N3O5. The molecule has 1 aliphatic rings. The average Bonchev–Trinajstić information content (AvgIpc) is 2.90. The van der Waals surface area contributed by atoms with Gasteiger partial charge < -0.3 is 14.8 Å². The third kappa shape index (κ3) is 14.9. The number of nitrogens with zero attached hydrogens (tertiary/aromatic N) is 2. The minimum absolute atomic E-state index is 0. The molecule has 2 unspecified atom stereocenters. The zero-order valence-corrected chi connectivity index (χ0v) is 29.8. The molecule has 0 spiro atoms. The van der Waals surface area contributed by atoms with Crippen LogP contribution in [0.25, 0.3) is 0 Å². The summed E-state index contributed by atoms with van der Waals surface area (Å²) in [5.41, 5.74) is 1.04. The van der Waals surface area contributed by atoms with Gasteiger partial charge in [-0.2, -0.15) is 10.5 Å². The molecule has 1 amide bonds. The lowest BCUT2D eigenvalue weighted by Gasteiger charge is -2.49. The Morgan fingerprint density at radius 2 is 1.40 bits per heavy atom. The average molecular weight is 608 g/mol. The van der Waals surface area contributed by atoms with Crippen molar-refractivity contribution in [2.45, 2.75) is 125 Å². The van der Waals surface area contributed by atoms with E-state index in [1.165, 1.54) is 0 Å². The molecule has 1 saturated heterocycles. The van der Waals surface area contributed by atoms with Crippen LogP contribution in [0.4, 0.5) is 0 Å². The molecule has 0 aliphatic carbocycles. The maximum atomic E-state index is 11.6. The van der Waals surface area contributed by atoms with Gasteiger partial charge in [-0.1, -0.05) is 68.4 Å². The second kappa shape index (κ2) is 20.2. The molecule has 0 aromatic rings. The van der Waals surface area contributed by atoms with E-state index in [0.717, 1.165) is 12.1 Å². The van der Waals surface area contributed by atoms with Crippen LogP contribution in [0.1, 0.15) is 125 Å². The van der Waals surface area contributed by atoms with Gasteiger partial charge in [0, 0.05) is 24.0 Å². The van der Waals surface area contributed by atoms with Crippen molar-refractivity contribution in [3.8, 4) is 12.1 Å². The highest BCUT2D eigenvalue weighted by atomic mass is 16.5. The number of carbonyl (C=O) groups excluding carboxylic acids is 3. The summed E-state index contributed by atoms with van der Waals surface area (Å²) in [6.45, 7) is 34.7. The second-order valence-electron chi connectivity index (χ2n) is 13.6. The number of allylic oxidation sites excluding steroid dienone is 1. The predicted octanol–water partition coefficient (Wildman–Crippen LogP) is 8.27. The Kier molecular flexibility index (Phi) is 22.1. The third-order valence-corrected chi connectivity index (χ3v) is 9.13. The van der Waals surface area contributed by atoms with Crippen molar-refractivity contribution in [3.63, 3.8) is 0 Å². The van der Waals surface area contributed by atoms with Gasteiger partial charge in [-0.15, -0.1) is 0 Å². The highest BCUT2D eigenvalue weighted by Crippen LogP contribution is 2.46. The van der Waals surface area contributed by atoms with Gasteiger partial charge in [0.1, 0.15) is 0 Å². The summed E-state index contributed by atoms with van der Waals surface area (Å²) in [7, 11) is 0. The quantitative estimate of drug-likeness (QED) is 0.237. The van der Waals surface area contributed by atoms with Crippen molar-refractivity contribution >= 4 is 17.8 Å². The molecule has 1 rings (SSSR count). The van der Waals surface area contributed by atoms with Crippen molar-refractivity contribution in [3.05, 3.63) is 11.1 Å². The maximum Gasteiger partial charge on any atom is 0.333 e. The summed E-state index contributed by atoms with van der Waals surface area (Å²) in [6.07, 6.45) is 0. The van der Waals surface area contributed by atoms with Gasteiger partial charge in [0.2, 0.25) is 5.91 Å². The van der Waals surface area contributed by atoms with Gasteiger partial charge >= 0.3 is 11.9 Å². The Bertz CT molecular complexity index is 988. The van der Waals surface area contributed by atoms with Gasteiger partial charge in [-0.05, 0) is 78.6 Å². The summed E-state index contributed by atoms with van der Waals surface area (Å²) >= 11 is 0. The van der Waals surface area contributed by atoms with E-state index in [4.69, 9.17) is 20.0 Å². The van der Waals surface area contributed by atoms with Gasteiger partial charge in [-0.25, -0.2) is 4.79 Å². The lowest BCUT2D eigenvalue weighted by molar-refractivity contribution is -0.153. The monoisotopic (exact) mass is 607 g/mol. The van der Waals surface area contributed by atoms with Crippen LogP contribution >= 0.6 is 0 Å². The highest BCUT2D eigenvalue weighted by molar-refractivity contribution is 5.88. The van der Waals surface area contributed by atoms with Crippen molar-refractivity contribution in [2.75, 3.05) is 19.8 Å². The third-order valence-electron chi connectivity index (χ3n) is 9.13. The van der Waals surface area contributed by atoms with Crippen LogP contribution in [-0.4, -0.2) is 37.6 Å². The Hall–Kier alpha value is -2.87. The molecule has 1 heterocycles. The largest absolute Gasteiger partial charge is 0.466 e. The van der Waals surface area contributed by atoms with E-state index in [1.54, 1.807) is 20.8 Å². The van der Waals surface area contributed by atoms with Crippen molar-refractivity contribution in [2.24, 2.45) is 39.4 Å². The first kappa shape index (κ1) is 47.1. The SMILES string of the molecule is C.CC(C)C#N.CC1C(=O)NCC(C)(C)C1(C)C.CCOC(=O)C(C)=C(C)C.CCOC(=O)C(C)C(C)(C)C(C)(C)C#N. The molecule has 0 aromatic carbocycles. The summed E-state index contributed by atoms with van der Waals surface area (Å²) in [5, 5.41) is 19.9. The smallest absolute Gasteiger partial charge is 0.333 e. The van der Waals surface area contributed by atoms with E-state index >= 15 is 0 Å². The summed E-state index contributed by atoms with van der Waals surface area (Å²) < 4.78 is 9.75. The van der Waals surface area contributed by atoms with Gasteiger partial charge in [0.05, 0.1) is 36.7 Å². The number of hydrogen-bond donors (Lipinski definition) is 1. The van der Waals surface area contributed by atoms with Gasteiger partial charge in [0.25, 0.3) is 0 Å². The topological polar surface area (TPSA) is 129 Å². The van der Waals surface area contributed by atoms with Gasteiger partial charge in [0.15, 0.2) is 0 Å². The molecular weight excluding hydrogens is 542 g/mol. The van der Waals surface area contributed by atoms with Crippen LogP contribution in [-0.2, 0) is 23.9 Å². The van der Waals surface area contributed by atoms with E-state index in [2.05, 4.69) is 39.1 Å². The second-order valence-corrected chi connectivity index (χ2v) is 13.6. The molecule has 250 valence electrons. The molecule has 1 N–H and O–H groups in total.